The summed E-state index contributed by atoms with van der Waals surface area (Å²) >= 11 is 5.82. The Labute approximate surface area is 83.7 Å². The summed E-state index contributed by atoms with van der Waals surface area (Å²) in [6.07, 6.45) is 0.867. The zero-order valence-electron chi connectivity index (χ0n) is 7.57. The minimum Gasteiger partial charge on any atom is -0.387 e. The molecule has 1 nitrogen and oxygen atoms in total. The van der Waals surface area contributed by atoms with E-state index in [1.165, 1.54) is 11.6 Å². The molecule has 0 unspecified atom stereocenters. The molecular weight excluding hydrogens is 184 g/mol. The highest BCUT2D eigenvalue weighted by molar-refractivity contribution is 6.22. The van der Waals surface area contributed by atoms with Gasteiger partial charge in [0.15, 0.2) is 0 Å². The summed E-state index contributed by atoms with van der Waals surface area (Å²) in [7, 11) is 0. The molecule has 2 atom stereocenters. The van der Waals surface area contributed by atoms with Crippen molar-refractivity contribution in [2.24, 2.45) is 0 Å². The Morgan fingerprint density at radius 1 is 1.38 bits per heavy atom. The Hall–Kier alpha value is -0.790. The van der Waals surface area contributed by atoms with E-state index >= 15 is 0 Å². The molecule has 0 saturated heterocycles. The van der Waals surface area contributed by atoms with Crippen molar-refractivity contribution in [3.8, 4) is 0 Å². The second-order valence-corrected chi connectivity index (χ2v) is 3.54. The van der Waals surface area contributed by atoms with E-state index in [1.807, 2.05) is 31.2 Å². The van der Waals surface area contributed by atoms with Gasteiger partial charge in [-0.3, -0.25) is 0 Å². The van der Waals surface area contributed by atoms with Crippen molar-refractivity contribution >= 4 is 11.6 Å². The van der Waals surface area contributed by atoms with E-state index < -0.39 is 11.5 Å². The van der Waals surface area contributed by atoms with Gasteiger partial charge < -0.3 is 5.11 Å². The molecule has 1 aromatic rings. The lowest BCUT2D eigenvalue weighted by Gasteiger charge is -2.13. The van der Waals surface area contributed by atoms with Crippen molar-refractivity contribution in [2.45, 2.75) is 18.4 Å². The smallest absolute Gasteiger partial charge is 0.0988 e. The van der Waals surface area contributed by atoms with Gasteiger partial charge in [-0.15, -0.1) is 18.2 Å². The molecule has 0 radical (unpaired) electrons. The monoisotopic (exact) mass is 196 g/mol. The average molecular weight is 197 g/mol. The molecule has 70 valence electrons. The third-order valence-corrected chi connectivity index (χ3v) is 2.36. The molecule has 13 heavy (non-hydrogen) atoms. The van der Waals surface area contributed by atoms with Crippen LogP contribution in [0.25, 0.3) is 0 Å². The van der Waals surface area contributed by atoms with Gasteiger partial charge in [-0.2, -0.15) is 0 Å². The molecule has 0 bridgehead atoms. The molecule has 2 heteroatoms. The summed E-state index contributed by atoms with van der Waals surface area (Å²) in [5.74, 6) is 0. The molecule has 1 N–H and O–H groups in total. The van der Waals surface area contributed by atoms with Crippen LogP contribution in [0.1, 0.15) is 17.2 Å². The number of alkyl halides is 1. The van der Waals surface area contributed by atoms with Crippen molar-refractivity contribution in [3.05, 3.63) is 48.0 Å². The maximum Gasteiger partial charge on any atom is 0.0988 e. The number of halogens is 1. The van der Waals surface area contributed by atoms with Crippen molar-refractivity contribution < 1.29 is 5.11 Å². The molecule has 0 heterocycles. The molecule has 0 spiro atoms. The number of benzene rings is 1. The van der Waals surface area contributed by atoms with Gasteiger partial charge in [0.1, 0.15) is 0 Å². The van der Waals surface area contributed by atoms with Crippen molar-refractivity contribution in [1.29, 1.82) is 0 Å². The standard InChI is InChI=1S/C11H13ClO/c1-3-10(12)11(13)9-6-4-8(2)5-7-9/h3-7,10-11,13H,1H2,2H3/t10-,11-/m1/s1. The van der Waals surface area contributed by atoms with Crippen LogP contribution in [0.5, 0.6) is 0 Å². The number of hydrogen-bond donors (Lipinski definition) is 1. The number of aliphatic hydroxyl groups is 1. The van der Waals surface area contributed by atoms with E-state index in [9.17, 15) is 5.11 Å². The van der Waals surface area contributed by atoms with Crippen LogP contribution in [0.3, 0.4) is 0 Å². The van der Waals surface area contributed by atoms with Crippen LogP contribution >= 0.6 is 11.6 Å². The molecule has 0 saturated carbocycles. The molecule has 0 fully saturated rings. The quantitative estimate of drug-likeness (QED) is 0.582. The van der Waals surface area contributed by atoms with Gasteiger partial charge in [0.05, 0.1) is 11.5 Å². The van der Waals surface area contributed by atoms with Crippen LogP contribution < -0.4 is 0 Å². The number of rotatable bonds is 3. The zero-order chi connectivity index (χ0) is 9.84. The van der Waals surface area contributed by atoms with Gasteiger partial charge in [-0.25, -0.2) is 0 Å². The van der Waals surface area contributed by atoms with Gasteiger partial charge in [-0.1, -0.05) is 35.9 Å². The van der Waals surface area contributed by atoms with E-state index in [-0.39, 0.29) is 0 Å². The van der Waals surface area contributed by atoms with Crippen LogP contribution in [-0.2, 0) is 0 Å². The summed E-state index contributed by atoms with van der Waals surface area (Å²) in [5, 5.41) is 9.25. The first-order chi connectivity index (χ1) is 6.15. The normalized spacial score (nSPS) is 15.0. The van der Waals surface area contributed by atoms with E-state index in [0.29, 0.717) is 0 Å². The van der Waals surface area contributed by atoms with Gasteiger partial charge in [0, 0.05) is 0 Å². The summed E-state index contributed by atoms with van der Waals surface area (Å²) in [6.45, 7) is 5.53. The first kappa shape index (κ1) is 10.3. The van der Waals surface area contributed by atoms with Crippen molar-refractivity contribution in [1.82, 2.24) is 0 Å². The van der Waals surface area contributed by atoms with E-state index in [0.717, 1.165) is 5.56 Å². The molecule has 0 aliphatic heterocycles. The predicted molar refractivity (Wildman–Crippen MR) is 56.0 cm³/mol. The van der Waals surface area contributed by atoms with Gasteiger partial charge in [-0.05, 0) is 12.5 Å². The van der Waals surface area contributed by atoms with E-state index in [2.05, 4.69) is 6.58 Å². The molecule has 1 rings (SSSR count). The van der Waals surface area contributed by atoms with Crippen LogP contribution in [-0.4, -0.2) is 10.5 Å². The van der Waals surface area contributed by atoms with Crippen LogP contribution in [0.4, 0.5) is 0 Å². The summed E-state index contributed by atoms with van der Waals surface area (Å²) < 4.78 is 0. The third kappa shape index (κ3) is 2.58. The molecule has 0 aromatic heterocycles. The fraction of sp³-hybridized carbons (Fsp3) is 0.273. The maximum absolute atomic E-state index is 9.68. The van der Waals surface area contributed by atoms with Crippen LogP contribution in [0, 0.1) is 6.92 Å². The topological polar surface area (TPSA) is 20.2 Å². The molecule has 0 amide bonds. The molecule has 1 aromatic carbocycles. The van der Waals surface area contributed by atoms with Crippen molar-refractivity contribution in [2.75, 3.05) is 0 Å². The van der Waals surface area contributed by atoms with Gasteiger partial charge in [0.25, 0.3) is 0 Å². The summed E-state index contributed by atoms with van der Waals surface area (Å²) in [5.41, 5.74) is 1.99. The molecular formula is C11H13ClO. The Balaban J connectivity index is 2.82. The van der Waals surface area contributed by atoms with E-state index in [1.54, 1.807) is 0 Å². The molecule has 0 aliphatic rings. The zero-order valence-corrected chi connectivity index (χ0v) is 8.33. The first-order valence-electron chi connectivity index (χ1n) is 4.16. The lowest BCUT2D eigenvalue weighted by Crippen LogP contribution is -2.09. The lowest BCUT2D eigenvalue weighted by atomic mass is 10.0. The highest BCUT2D eigenvalue weighted by Crippen LogP contribution is 2.21. The fourth-order valence-electron chi connectivity index (χ4n) is 1.08. The van der Waals surface area contributed by atoms with E-state index in [4.69, 9.17) is 11.6 Å². The number of hydrogen-bond acceptors (Lipinski definition) is 1. The third-order valence-electron chi connectivity index (χ3n) is 1.95. The highest BCUT2D eigenvalue weighted by atomic mass is 35.5. The Morgan fingerprint density at radius 2 is 1.92 bits per heavy atom. The minimum atomic E-state index is -0.667. The summed E-state index contributed by atoms with van der Waals surface area (Å²) in [4.78, 5) is 0. The Kier molecular flexibility index (Phi) is 3.52. The first-order valence-corrected chi connectivity index (χ1v) is 4.60. The number of aryl methyl sites for hydroxylation is 1. The SMILES string of the molecule is C=C[C@@H](Cl)[C@H](O)c1ccc(C)cc1. The van der Waals surface area contributed by atoms with Crippen LogP contribution in [0.2, 0.25) is 0 Å². The average Bonchev–Trinajstić information content (AvgIpc) is 2.17. The van der Waals surface area contributed by atoms with Gasteiger partial charge in [0.2, 0.25) is 0 Å². The Morgan fingerprint density at radius 3 is 2.38 bits per heavy atom. The second-order valence-electron chi connectivity index (χ2n) is 3.04. The number of aliphatic hydroxyl groups excluding tert-OH is 1. The Bertz CT molecular complexity index is 279. The highest BCUT2D eigenvalue weighted by Gasteiger charge is 2.14. The van der Waals surface area contributed by atoms with Crippen molar-refractivity contribution in [3.63, 3.8) is 0 Å². The second kappa shape index (κ2) is 4.45. The largest absolute Gasteiger partial charge is 0.387 e. The van der Waals surface area contributed by atoms with Gasteiger partial charge >= 0.3 is 0 Å². The lowest BCUT2D eigenvalue weighted by molar-refractivity contribution is 0.185. The summed E-state index contributed by atoms with van der Waals surface area (Å²) in [6, 6.07) is 7.65. The maximum atomic E-state index is 9.68. The minimum absolute atomic E-state index is 0.428. The van der Waals surface area contributed by atoms with Crippen LogP contribution in [0.15, 0.2) is 36.9 Å². The fourth-order valence-corrected chi connectivity index (χ4v) is 1.22. The molecule has 0 aliphatic carbocycles. The predicted octanol–water partition coefficient (Wildman–Crippen LogP) is 2.82.